The predicted molar refractivity (Wildman–Crippen MR) is 107 cm³/mol. The molecule has 0 aliphatic carbocycles. The van der Waals surface area contributed by atoms with E-state index in [1.807, 2.05) is 45.0 Å². The van der Waals surface area contributed by atoms with Crippen LogP contribution in [-0.4, -0.2) is 33.6 Å². The average Bonchev–Trinajstić information content (AvgIpc) is 2.66. The number of nitrogens with one attached hydrogen (secondary N) is 1. The zero-order valence-corrected chi connectivity index (χ0v) is 16.7. The van der Waals surface area contributed by atoms with Crippen LogP contribution in [0.25, 0.3) is 0 Å². The summed E-state index contributed by atoms with van der Waals surface area (Å²) in [5.41, 5.74) is 1.15. The van der Waals surface area contributed by atoms with Crippen molar-refractivity contribution in [3.05, 3.63) is 47.9 Å². The summed E-state index contributed by atoms with van der Waals surface area (Å²) < 4.78 is 5.41. The Morgan fingerprint density at radius 3 is 2.50 bits per heavy atom. The van der Waals surface area contributed by atoms with E-state index in [4.69, 9.17) is 9.84 Å². The molecule has 2 rings (SSSR count). The molecule has 0 fully saturated rings. The maximum absolute atomic E-state index is 12.8. The Labute approximate surface area is 165 Å². The number of hydrogen-bond acceptors (Lipinski definition) is 6. The van der Waals surface area contributed by atoms with Gasteiger partial charge in [-0.15, -0.1) is 0 Å². The van der Waals surface area contributed by atoms with E-state index >= 15 is 0 Å². The van der Waals surface area contributed by atoms with Gasteiger partial charge in [-0.3, -0.25) is 14.6 Å². The Morgan fingerprint density at radius 2 is 1.89 bits per heavy atom. The first-order valence-electron chi connectivity index (χ1n) is 9.26. The van der Waals surface area contributed by atoms with Gasteiger partial charge in [-0.1, -0.05) is 31.5 Å². The van der Waals surface area contributed by atoms with Gasteiger partial charge in [0.25, 0.3) is 0 Å². The van der Waals surface area contributed by atoms with E-state index in [-0.39, 0.29) is 25.4 Å². The van der Waals surface area contributed by atoms with Gasteiger partial charge in [0.05, 0.1) is 18.5 Å². The second-order valence-electron chi connectivity index (χ2n) is 7.50. The van der Waals surface area contributed by atoms with Crippen molar-refractivity contribution in [1.82, 2.24) is 9.97 Å². The van der Waals surface area contributed by atoms with Crippen molar-refractivity contribution < 1.29 is 19.4 Å². The molecule has 1 aromatic heterocycles. The van der Waals surface area contributed by atoms with Gasteiger partial charge in [-0.2, -0.15) is 0 Å². The molecule has 1 unspecified atom stereocenters. The first-order chi connectivity index (χ1) is 13.2. The van der Waals surface area contributed by atoms with E-state index in [2.05, 4.69) is 15.3 Å². The highest BCUT2D eigenvalue weighted by molar-refractivity contribution is 5.83. The number of carboxylic acids is 1. The fourth-order valence-corrected chi connectivity index (χ4v) is 2.57. The lowest BCUT2D eigenvalue weighted by atomic mass is 9.82. The number of carboxylic acid groups (broad SMARTS) is 1. The summed E-state index contributed by atoms with van der Waals surface area (Å²) in [5.74, 6) is -0.832. The molecule has 0 amide bonds. The molecular weight excluding hydrogens is 358 g/mol. The third kappa shape index (κ3) is 5.77. The second kappa shape index (κ2) is 9.30. The van der Waals surface area contributed by atoms with Crippen molar-refractivity contribution in [2.75, 3.05) is 11.9 Å². The topological polar surface area (TPSA) is 101 Å². The van der Waals surface area contributed by atoms with Crippen LogP contribution in [0.15, 0.2) is 36.7 Å². The number of aliphatic carboxylic acids is 1. The molecule has 2 N–H and O–H groups in total. The number of aromatic nitrogens is 2. The first kappa shape index (κ1) is 21.3. The number of carbonyl (C=O) groups excluding carboxylic acids is 1. The number of benzene rings is 1. The Morgan fingerprint density at radius 1 is 1.21 bits per heavy atom. The lowest BCUT2D eigenvalue weighted by molar-refractivity contribution is -0.152. The molecule has 28 heavy (non-hydrogen) atoms. The van der Waals surface area contributed by atoms with Crippen LogP contribution in [0, 0.1) is 12.8 Å². The number of rotatable bonds is 9. The molecule has 1 atom stereocenters. The van der Waals surface area contributed by atoms with Crippen LogP contribution < -0.4 is 5.32 Å². The van der Waals surface area contributed by atoms with Gasteiger partial charge in [0.15, 0.2) is 0 Å². The Balaban J connectivity index is 2.29. The zero-order chi connectivity index (χ0) is 20.7. The van der Waals surface area contributed by atoms with Crippen LogP contribution in [0.5, 0.6) is 0 Å². The molecule has 0 aliphatic rings. The largest absolute Gasteiger partial charge is 0.481 e. The molecule has 0 aliphatic heterocycles. The standard InChI is InChI=1S/C21H27N3O4/c1-14(2)13-28-20(27)21(4,10-9-19(25)26)17-11-22-12-18(24-17)23-16-7-5-15(3)6-8-16/h5-8,11-12,14H,9-10,13H2,1-4H3,(H,23,24)(H,25,26). The third-order valence-electron chi connectivity index (χ3n) is 4.36. The summed E-state index contributed by atoms with van der Waals surface area (Å²) in [6.07, 6.45) is 2.94. The molecule has 7 heteroatoms. The molecule has 0 spiro atoms. The number of aryl methyl sites for hydroxylation is 1. The van der Waals surface area contributed by atoms with E-state index in [9.17, 15) is 9.59 Å². The number of carbonyl (C=O) groups is 2. The van der Waals surface area contributed by atoms with Gasteiger partial charge in [-0.25, -0.2) is 4.98 Å². The maximum Gasteiger partial charge on any atom is 0.317 e. The normalized spacial score (nSPS) is 13.0. The molecule has 1 heterocycles. The van der Waals surface area contributed by atoms with Crippen molar-refractivity contribution in [1.29, 1.82) is 0 Å². The van der Waals surface area contributed by atoms with Crippen molar-refractivity contribution in [2.45, 2.75) is 46.0 Å². The third-order valence-corrected chi connectivity index (χ3v) is 4.36. The quantitative estimate of drug-likeness (QED) is 0.632. The fraction of sp³-hybridized carbons (Fsp3) is 0.429. The number of ether oxygens (including phenoxy) is 1. The molecule has 0 saturated carbocycles. The highest BCUT2D eigenvalue weighted by Crippen LogP contribution is 2.30. The van der Waals surface area contributed by atoms with E-state index in [1.54, 1.807) is 13.1 Å². The van der Waals surface area contributed by atoms with Gasteiger partial charge in [-0.05, 0) is 38.3 Å². The van der Waals surface area contributed by atoms with Crippen LogP contribution in [0.4, 0.5) is 11.5 Å². The number of nitrogens with zero attached hydrogens (tertiary/aromatic N) is 2. The summed E-state index contributed by atoms with van der Waals surface area (Å²) in [4.78, 5) is 32.6. The zero-order valence-electron chi connectivity index (χ0n) is 16.7. The highest BCUT2D eigenvalue weighted by Gasteiger charge is 2.39. The fourth-order valence-electron chi connectivity index (χ4n) is 2.57. The Hall–Kier alpha value is -2.96. The second-order valence-corrected chi connectivity index (χ2v) is 7.50. The number of esters is 1. The van der Waals surface area contributed by atoms with Gasteiger partial charge in [0.2, 0.25) is 0 Å². The van der Waals surface area contributed by atoms with Crippen molar-refractivity contribution in [2.24, 2.45) is 5.92 Å². The molecular formula is C21H27N3O4. The maximum atomic E-state index is 12.8. The van der Waals surface area contributed by atoms with Crippen LogP contribution in [0.1, 0.15) is 44.9 Å². The Bertz CT molecular complexity index is 821. The molecule has 0 saturated heterocycles. The van der Waals surface area contributed by atoms with Crippen LogP contribution in [-0.2, 0) is 19.7 Å². The van der Waals surface area contributed by atoms with Crippen LogP contribution in [0.2, 0.25) is 0 Å². The minimum Gasteiger partial charge on any atom is -0.481 e. The SMILES string of the molecule is Cc1ccc(Nc2cncc(C(C)(CCC(=O)O)C(=O)OCC(C)C)n2)cc1. The predicted octanol–water partition coefficient (Wildman–Crippen LogP) is 3.85. The van der Waals surface area contributed by atoms with Gasteiger partial charge >= 0.3 is 11.9 Å². The molecule has 0 radical (unpaired) electrons. The van der Waals surface area contributed by atoms with E-state index < -0.39 is 17.4 Å². The molecule has 150 valence electrons. The minimum absolute atomic E-state index is 0.0714. The van der Waals surface area contributed by atoms with Gasteiger partial charge in [0.1, 0.15) is 11.2 Å². The summed E-state index contributed by atoms with van der Waals surface area (Å²) in [6, 6.07) is 7.79. The summed E-state index contributed by atoms with van der Waals surface area (Å²) in [7, 11) is 0. The van der Waals surface area contributed by atoms with Crippen molar-refractivity contribution in [3.63, 3.8) is 0 Å². The van der Waals surface area contributed by atoms with E-state index in [0.29, 0.717) is 11.5 Å². The van der Waals surface area contributed by atoms with Crippen molar-refractivity contribution in [3.8, 4) is 0 Å². The lowest BCUT2D eigenvalue weighted by Crippen LogP contribution is -2.37. The number of anilines is 2. The van der Waals surface area contributed by atoms with Crippen LogP contribution in [0.3, 0.4) is 0 Å². The summed E-state index contributed by atoms with van der Waals surface area (Å²) in [5, 5.41) is 12.3. The molecule has 2 aromatic rings. The van der Waals surface area contributed by atoms with E-state index in [0.717, 1.165) is 11.3 Å². The summed E-state index contributed by atoms with van der Waals surface area (Å²) in [6.45, 7) is 7.79. The minimum atomic E-state index is -1.20. The smallest absolute Gasteiger partial charge is 0.317 e. The molecule has 0 bridgehead atoms. The average molecular weight is 385 g/mol. The van der Waals surface area contributed by atoms with Crippen molar-refractivity contribution >= 4 is 23.4 Å². The summed E-state index contributed by atoms with van der Waals surface area (Å²) >= 11 is 0. The van der Waals surface area contributed by atoms with Gasteiger partial charge in [0, 0.05) is 18.3 Å². The number of hydrogen-bond donors (Lipinski definition) is 2. The van der Waals surface area contributed by atoms with E-state index in [1.165, 1.54) is 6.20 Å². The first-order valence-corrected chi connectivity index (χ1v) is 9.26. The van der Waals surface area contributed by atoms with Crippen LogP contribution >= 0.6 is 0 Å². The van der Waals surface area contributed by atoms with Gasteiger partial charge < -0.3 is 15.2 Å². The lowest BCUT2D eigenvalue weighted by Gasteiger charge is -2.27. The molecule has 1 aromatic carbocycles. The highest BCUT2D eigenvalue weighted by atomic mass is 16.5. The molecule has 7 nitrogen and oxygen atoms in total. The Kier molecular flexibility index (Phi) is 7.09. The monoisotopic (exact) mass is 385 g/mol.